The van der Waals surface area contributed by atoms with Gasteiger partial charge in [0.05, 0.1) is 6.61 Å². The van der Waals surface area contributed by atoms with E-state index in [1.165, 1.54) is 11.3 Å². The molecule has 0 spiro atoms. The van der Waals surface area contributed by atoms with E-state index in [2.05, 4.69) is 23.1 Å². The number of aliphatic hydroxyl groups excluding tert-OH is 1. The molecule has 1 heterocycles. The molecule has 92 valence electrons. The highest BCUT2D eigenvalue weighted by Crippen LogP contribution is 2.37. The van der Waals surface area contributed by atoms with Crippen LogP contribution in [0.5, 0.6) is 0 Å². The summed E-state index contributed by atoms with van der Waals surface area (Å²) in [4.78, 5) is 2.23. The van der Waals surface area contributed by atoms with Gasteiger partial charge in [0.2, 0.25) is 0 Å². The molecule has 0 aromatic heterocycles. The quantitative estimate of drug-likeness (QED) is 0.892. The summed E-state index contributed by atoms with van der Waals surface area (Å²) >= 11 is 6.15. The second kappa shape index (κ2) is 4.63. The lowest BCUT2D eigenvalue weighted by Gasteiger charge is -2.22. The number of hydrogen-bond donors (Lipinski definition) is 1. The molecule has 2 nitrogen and oxygen atoms in total. The molecule has 0 aliphatic carbocycles. The Morgan fingerprint density at radius 3 is 2.67 bits per heavy atom. The predicted octanol–water partition coefficient (Wildman–Crippen LogP) is 3.53. The highest BCUT2D eigenvalue weighted by atomic mass is 35.5. The van der Waals surface area contributed by atoms with Crippen LogP contribution in [-0.4, -0.2) is 11.7 Å². The van der Waals surface area contributed by atoms with E-state index in [0.29, 0.717) is 5.02 Å². The predicted molar refractivity (Wildman–Crippen MR) is 74.5 cm³/mol. The first kappa shape index (κ1) is 11.6. The monoisotopic (exact) mass is 259 g/mol. The van der Waals surface area contributed by atoms with Crippen LogP contribution in [0.25, 0.3) is 0 Å². The number of nitrogens with zero attached hydrogens (tertiary/aromatic N) is 1. The summed E-state index contributed by atoms with van der Waals surface area (Å²) in [5.41, 5.74) is 4.38. The summed E-state index contributed by atoms with van der Waals surface area (Å²) in [6, 6.07) is 14.1. The molecule has 2 aromatic rings. The van der Waals surface area contributed by atoms with Crippen LogP contribution in [0.4, 0.5) is 11.4 Å². The Bertz CT molecular complexity index is 582. The summed E-state index contributed by atoms with van der Waals surface area (Å²) in [7, 11) is 0. The van der Waals surface area contributed by atoms with Gasteiger partial charge in [0.25, 0.3) is 0 Å². The molecule has 18 heavy (non-hydrogen) atoms. The number of aliphatic hydroxyl groups is 1. The number of hydrogen-bond acceptors (Lipinski definition) is 2. The van der Waals surface area contributed by atoms with Crippen LogP contribution >= 0.6 is 11.6 Å². The van der Waals surface area contributed by atoms with Gasteiger partial charge >= 0.3 is 0 Å². The van der Waals surface area contributed by atoms with Gasteiger partial charge in [-0.25, -0.2) is 0 Å². The van der Waals surface area contributed by atoms with Crippen LogP contribution in [0.2, 0.25) is 5.02 Å². The van der Waals surface area contributed by atoms with Crippen molar-refractivity contribution >= 4 is 23.0 Å². The first-order valence-electron chi connectivity index (χ1n) is 6.05. The number of fused-ring (bicyclic) bond motifs is 1. The maximum atomic E-state index is 9.50. The minimum atomic E-state index is -0.0341. The molecule has 3 rings (SSSR count). The minimum Gasteiger partial charge on any atom is -0.392 e. The Morgan fingerprint density at radius 2 is 1.83 bits per heavy atom. The summed E-state index contributed by atoms with van der Waals surface area (Å²) in [5, 5.41) is 10.1. The Kier molecular flexibility index (Phi) is 2.98. The van der Waals surface area contributed by atoms with Crippen molar-refractivity contribution in [3.05, 3.63) is 58.6 Å². The fraction of sp³-hybridized carbons (Fsp3) is 0.200. The number of para-hydroxylation sites is 1. The van der Waals surface area contributed by atoms with Crippen molar-refractivity contribution in [2.45, 2.75) is 13.0 Å². The van der Waals surface area contributed by atoms with E-state index >= 15 is 0 Å². The largest absolute Gasteiger partial charge is 0.392 e. The van der Waals surface area contributed by atoms with Crippen molar-refractivity contribution in [1.82, 2.24) is 0 Å². The van der Waals surface area contributed by atoms with Crippen molar-refractivity contribution < 1.29 is 5.11 Å². The average Bonchev–Trinajstić information content (AvgIpc) is 2.82. The molecule has 0 fully saturated rings. The zero-order valence-corrected chi connectivity index (χ0v) is 10.7. The van der Waals surface area contributed by atoms with E-state index in [1.807, 2.05) is 24.3 Å². The van der Waals surface area contributed by atoms with Gasteiger partial charge in [-0.2, -0.15) is 0 Å². The van der Waals surface area contributed by atoms with Crippen LogP contribution < -0.4 is 4.90 Å². The van der Waals surface area contributed by atoms with E-state index in [1.54, 1.807) is 0 Å². The summed E-state index contributed by atoms with van der Waals surface area (Å²) < 4.78 is 0. The van der Waals surface area contributed by atoms with E-state index in [4.69, 9.17) is 11.6 Å². The molecule has 1 aliphatic rings. The fourth-order valence-corrected chi connectivity index (χ4v) is 2.77. The molecule has 1 aliphatic heterocycles. The maximum Gasteiger partial charge on any atom is 0.0716 e. The smallest absolute Gasteiger partial charge is 0.0716 e. The van der Waals surface area contributed by atoms with E-state index in [9.17, 15) is 5.11 Å². The lowest BCUT2D eigenvalue weighted by atomic mass is 10.1. The number of rotatable bonds is 2. The fourth-order valence-electron chi connectivity index (χ4n) is 2.55. The molecule has 0 bridgehead atoms. The first-order chi connectivity index (χ1) is 8.81. The first-order valence-corrected chi connectivity index (χ1v) is 6.43. The maximum absolute atomic E-state index is 9.50. The van der Waals surface area contributed by atoms with Crippen LogP contribution in [0, 0.1) is 0 Å². The molecule has 0 atom stereocenters. The SMILES string of the molecule is OCc1c(Cl)cccc1N1CCc2ccccc21. The normalized spacial score (nSPS) is 13.8. The molecule has 0 saturated heterocycles. The Morgan fingerprint density at radius 1 is 1.06 bits per heavy atom. The van der Waals surface area contributed by atoms with Crippen LogP contribution in [0.1, 0.15) is 11.1 Å². The third kappa shape index (κ3) is 1.78. The van der Waals surface area contributed by atoms with Gasteiger partial charge in [0.1, 0.15) is 0 Å². The zero-order valence-electron chi connectivity index (χ0n) is 9.94. The van der Waals surface area contributed by atoms with Crippen molar-refractivity contribution in [3.8, 4) is 0 Å². The summed E-state index contributed by atoms with van der Waals surface area (Å²) in [6.45, 7) is 0.903. The average molecular weight is 260 g/mol. The van der Waals surface area contributed by atoms with Gasteiger partial charge in [-0.05, 0) is 30.2 Å². The van der Waals surface area contributed by atoms with Crippen molar-refractivity contribution in [2.75, 3.05) is 11.4 Å². The van der Waals surface area contributed by atoms with Gasteiger partial charge in [-0.1, -0.05) is 35.9 Å². The highest BCUT2D eigenvalue weighted by Gasteiger charge is 2.22. The summed E-state index contributed by atoms with van der Waals surface area (Å²) in [5.74, 6) is 0. The second-order valence-corrected chi connectivity index (χ2v) is 4.83. The van der Waals surface area contributed by atoms with Crippen LogP contribution in [-0.2, 0) is 13.0 Å². The molecule has 1 N–H and O–H groups in total. The van der Waals surface area contributed by atoms with Gasteiger partial charge in [-0.3, -0.25) is 0 Å². The Labute approximate surface area is 111 Å². The van der Waals surface area contributed by atoms with Gasteiger partial charge < -0.3 is 10.0 Å². The topological polar surface area (TPSA) is 23.5 Å². The Balaban J connectivity index is 2.10. The molecule has 2 aromatic carbocycles. The lowest BCUT2D eigenvalue weighted by molar-refractivity contribution is 0.282. The third-order valence-electron chi connectivity index (χ3n) is 3.43. The van der Waals surface area contributed by atoms with Crippen molar-refractivity contribution in [3.63, 3.8) is 0 Å². The minimum absolute atomic E-state index is 0.0341. The van der Waals surface area contributed by atoms with E-state index in [0.717, 1.165) is 24.2 Å². The molecular weight excluding hydrogens is 246 g/mol. The molecule has 0 amide bonds. The second-order valence-electron chi connectivity index (χ2n) is 4.43. The lowest BCUT2D eigenvalue weighted by Crippen LogP contribution is -2.15. The van der Waals surface area contributed by atoms with Gasteiger partial charge in [0, 0.05) is 28.5 Å². The van der Waals surface area contributed by atoms with E-state index in [-0.39, 0.29) is 6.61 Å². The van der Waals surface area contributed by atoms with Crippen molar-refractivity contribution in [2.24, 2.45) is 0 Å². The molecular formula is C15H14ClNO. The van der Waals surface area contributed by atoms with Crippen LogP contribution in [0.15, 0.2) is 42.5 Å². The molecule has 0 saturated carbocycles. The number of halogens is 1. The highest BCUT2D eigenvalue weighted by molar-refractivity contribution is 6.31. The van der Waals surface area contributed by atoms with Gasteiger partial charge in [0.15, 0.2) is 0 Å². The third-order valence-corrected chi connectivity index (χ3v) is 3.78. The molecule has 0 unspecified atom stereocenters. The number of benzene rings is 2. The van der Waals surface area contributed by atoms with Crippen LogP contribution in [0.3, 0.4) is 0 Å². The molecule has 0 radical (unpaired) electrons. The van der Waals surface area contributed by atoms with Gasteiger partial charge in [-0.15, -0.1) is 0 Å². The zero-order chi connectivity index (χ0) is 12.5. The summed E-state index contributed by atoms with van der Waals surface area (Å²) in [6.07, 6.45) is 1.04. The molecule has 3 heteroatoms. The number of anilines is 2. The van der Waals surface area contributed by atoms with E-state index < -0.39 is 0 Å². The standard InChI is InChI=1S/C15H14ClNO/c16-13-5-3-7-15(12(13)10-18)17-9-8-11-4-1-2-6-14(11)17/h1-7,18H,8-10H2. The van der Waals surface area contributed by atoms with Crippen molar-refractivity contribution in [1.29, 1.82) is 0 Å². The Hall–Kier alpha value is -1.51.